The highest BCUT2D eigenvalue weighted by Crippen LogP contribution is 2.37. The molecule has 3 aromatic heterocycles. The second kappa shape index (κ2) is 8.87. The average molecular weight is 473 g/mol. The molecule has 2 N–H and O–H groups in total. The van der Waals surface area contributed by atoms with Gasteiger partial charge in [0.1, 0.15) is 17.6 Å². The van der Waals surface area contributed by atoms with E-state index in [0.29, 0.717) is 16.6 Å². The molecule has 0 aliphatic heterocycles. The lowest BCUT2D eigenvalue weighted by Gasteiger charge is -2.19. The Kier molecular flexibility index (Phi) is 6.13. The molecule has 0 radical (unpaired) electrons. The predicted molar refractivity (Wildman–Crippen MR) is 122 cm³/mol. The number of anilines is 1. The number of nitrogens with zero attached hydrogens (tertiary/aromatic N) is 2. The van der Waals surface area contributed by atoms with Crippen LogP contribution in [0.5, 0.6) is 0 Å². The summed E-state index contributed by atoms with van der Waals surface area (Å²) >= 11 is 0. The zero-order valence-electron chi connectivity index (χ0n) is 18.1. The third kappa shape index (κ3) is 4.31. The van der Waals surface area contributed by atoms with E-state index in [9.17, 15) is 12.8 Å². The number of benzene rings is 1. The van der Waals surface area contributed by atoms with E-state index in [4.69, 9.17) is 4.74 Å². The van der Waals surface area contributed by atoms with Gasteiger partial charge < -0.3 is 9.72 Å². The Morgan fingerprint density at radius 3 is 2.58 bits per heavy atom. The van der Waals surface area contributed by atoms with Crippen LogP contribution in [0.15, 0.2) is 55.1 Å². The topological polar surface area (TPSA) is 97.0 Å². The maximum atomic E-state index is 15.4. The molecular formula is C23H22F2N4O3S. The Labute approximate surface area is 189 Å². The van der Waals surface area contributed by atoms with Crippen LogP contribution in [-0.2, 0) is 14.8 Å². The van der Waals surface area contributed by atoms with Crippen molar-refractivity contribution in [2.45, 2.75) is 25.2 Å². The highest BCUT2D eigenvalue weighted by atomic mass is 32.2. The minimum absolute atomic E-state index is 0.351. The third-order valence-corrected chi connectivity index (χ3v) is 7.08. The first-order valence-corrected chi connectivity index (χ1v) is 11.7. The minimum Gasteiger partial charge on any atom is -0.372 e. The van der Waals surface area contributed by atoms with Crippen molar-refractivity contribution in [2.24, 2.45) is 0 Å². The van der Waals surface area contributed by atoms with E-state index in [1.165, 1.54) is 21.0 Å². The van der Waals surface area contributed by atoms with Crippen molar-refractivity contribution >= 4 is 26.7 Å². The number of aromatic amines is 1. The minimum atomic E-state index is -3.84. The summed E-state index contributed by atoms with van der Waals surface area (Å²) in [6.07, 6.45) is 5.43. The van der Waals surface area contributed by atoms with Crippen LogP contribution in [0.1, 0.15) is 31.1 Å². The summed E-state index contributed by atoms with van der Waals surface area (Å²) < 4.78 is 62.5. The largest absolute Gasteiger partial charge is 0.372 e. The Hall–Kier alpha value is -3.37. The van der Waals surface area contributed by atoms with Crippen molar-refractivity contribution in [1.82, 2.24) is 15.0 Å². The lowest BCUT2D eigenvalue weighted by atomic mass is 9.98. The molecule has 3 heterocycles. The molecule has 1 unspecified atom stereocenters. The van der Waals surface area contributed by atoms with E-state index in [-0.39, 0.29) is 5.69 Å². The molecule has 1 aromatic carbocycles. The number of H-pyrrole nitrogens is 1. The molecule has 0 aliphatic rings. The van der Waals surface area contributed by atoms with Gasteiger partial charge in [0.15, 0.2) is 5.82 Å². The Bertz CT molecular complexity index is 1410. The van der Waals surface area contributed by atoms with Crippen LogP contribution >= 0.6 is 0 Å². The first-order chi connectivity index (χ1) is 15.7. The van der Waals surface area contributed by atoms with Gasteiger partial charge in [0, 0.05) is 54.0 Å². The summed E-state index contributed by atoms with van der Waals surface area (Å²) in [5.41, 5.74) is 1.80. The SMILES string of the molecule is COC(c1c(F)ccc(NS(=O)(=O)C(C)C)c1F)c1c[nH]c2ncc(-c3cccnc3)cc12. The standard InChI is InChI=1S/C23H22F2N4O3S/c1-13(2)33(30,31)29-19-7-6-18(24)20(21(19)25)22(32-3)17-12-28-23-16(17)9-15(11-27-23)14-5-4-8-26-10-14/h4-13,22,29H,1-3H3,(H,27,28). The maximum Gasteiger partial charge on any atom is 0.235 e. The van der Waals surface area contributed by atoms with Gasteiger partial charge in [0.25, 0.3) is 0 Å². The molecular weight excluding hydrogens is 450 g/mol. The highest BCUT2D eigenvalue weighted by molar-refractivity contribution is 7.93. The first kappa shape index (κ1) is 22.8. The monoisotopic (exact) mass is 472 g/mol. The third-order valence-electron chi connectivity index (χ3n) is 5.34. The van der Waals surface area contributed by atoms with Gasteiger partial charge >= 0.3 is 0 Å². The van der Waals surface area contributed by atoms with Crippen LogP contribution in [0.3, 0.4) is 0 Å². The fourth-order valence-electron chi connectivity index (χ4n) is 3.49. The van der Waals surface area contributed by atoms with E-state index in [1.807, 2.05) is 12.1 Å². The number of halogens is 2. The molecule has 4 aromatic rings. The molecule has 0 amide bonds. The Morgan fingerprint density at radius 2 is 1.91 bits per heavy atom. The molecule has 7 nitrogen and oxygen atoms in total. The van der Waals surface area contributed by atoms with Crippen LogP contribution in [0.2, 0.25) is 0 Å². The van der Waals surface area contributed by atoms with Gasteiger partial charge in [-0.25, -0.2) is 22.2 Å². The number of ether oxygens (including phenoxy) is 1. The number of methoxy groups -OCH3 is 1. The molecule has 0 bridgehead atoms. The second-order valence-electron chi connectivity index (χ2n) is 7.74. The number of nitrogens with one attached hydrogen (secondary N) is 2. The van der Waals surface area contributed by atoms with Crippen LogP contribution in [-0.4, -0.2) is 35.7 Å². The van der Waals surface area contributed by atoms with Crippen LogP contribution < -0.4 is 4.72 Å². The average Bonchev–Trinajstić information content (AvgIpc) is 3.22. The number of pyridine rings is 2. The molecule has 4 rings (SSSR count). The van der Waals surface area contributed by atoms with Crippen LogP contribution in [0.4, 0.5) is 14.5 Å². The summed E-state index contributed by atoms with van der Waals surface area (Å²) in [5, 5.41) is -0.190. The molecule has 1 atom stereocenters. The molecule has 0 aliphatic carbocycles. The van der Waals surface area contributed by atoms with Gasteiger partial charge in [0.05, 0.1) is 16.5 Å². The number of sulfonamides is 1. The van der Waals surface area contributed by atoms with Crippen molar-refractivity contribution in [1.29, 1.82) is 0 Å². The van der Waals surface area contributed by atoms with Gasteiger partial charge in [-0.1, -0.05) is 6.07 Å². The maximum absolute atomic E-state index is 15.4. The zero-order valence-corrected chi connectivity index (χ0v) is 19.0. The summed E-state index contributed by atoms with van der Waals surface area (Å²) in [7, 11) is -2.51. The second-order valence-corrected chi connectivity index (χ2v) is 9.98. The van der Waals surface area contributed by atoms with Crippen molar-refractivity contribution < 1.29 is 21.9 Å². The van der Waals surface area contributed by atoms with E-state index in [2.05, 4.69) is 19.7 Å². The number of aromatic nitrogens is 3. The van der Waals surface area contributed by atoms with Crippen molar-refractivity contribution in [2.75, 3.05) is 11.8 Å². The highest BCUT2D eigenvalue weighted by Gasteiger charge is 2.28. The molecule has 0 spiro atoms. The number of hydrogen-bond acceptors (Lipinski definition) is 5. The lowest BCUT2D eigenvalue weighted by molar-refractivity contribution is 0.130. The normalized spacial score (nSPS) is 12.9. The molecule has 0 saturated heterocycles. The van der Waals surface area contributed by atoms with Gasteiger partial charge in [-0.3, -0.25) is 9.71 Å². The van der Waals surface area contributed by atoms with Crippen molar-refractivity contribution in [3.05, 3.63) is 77.9 Å². The summed E-state index contributed by atoms with van der Waals surface area (Å²) in [6, 6.07) is 7.57. The van der Waals surface area contributed by atoms with Crippen LogP contribution in [0.25, 0.3) is 22.2 Å². The Morgan fingerprint density at radius 1 is 1.12 bits per heavy atom. The predicted octanol–water partition coefficient (Wildman–Crippen LogP) is 4.79. The summed E-state index contributed by atoms with van der Waals surface area (Å²) in [6.45, 7) is 2.92. The van der Waals surface area contributed by atoms with Gasteiger partial charge in [-0.2, -0.15) is 0 Å². The van der Waals surface area contributed by atoms with Crippen molar-refractivity contribution in [3.63, 3.8) is 0 Å². The molecule has 0 saturated carbocycles. The van der Waals surface area contributed by atoms with E-state index in [1.54, 1.807) is 30.9 Å². The summed E-state index contributed by atoms with van der Waals surface area (Å²) in [5.74, 6) is -1.91. The first-order valence-electron chi connectivity index (χ1n) is 10.1. The fraction of sp³-hybridized carbons (Fsp3) is 0.217. The van der Waals surface area contributed by atoms with E-state index >= 15 is 4.39 Å². The molecule has 10 heteroatoms. The molecule has 33 heavy (non-hydrogen) atoms. The number of rotatable bonds is 7. The fourth-order valence-corrected chi connectivity index (χ4v) is 4.19. The van der Waals surface area contributed by atoms with Crippen molar-refractivity contribution in [3.8, 4) is 11.1 Å². The number of hydrogen-bond donors (Lipinski definition) is 2. The number of fused-ring (bicyclic) bond motifs is 1. The van der Waals surface area contributed by atoms with Gasteiger partial charge in [-0.05, 0) is 38.1 Å². The summed E-state index contributed by atoms with van der Waals surface area (Å²) in [4.78, 5) is 11.5. The smallest absolute Gasteiger partial charge is 0.235 e. The van der Waals surface area contributed by atoms with Gasteiger partial charge in [-0.15, -0.1) is 0 Å². The van der Waals surface area contributed by atoms with E-state index in [0.717, 1.165) is 23.3 Å². The van der Waals surface area contributed by atoms with Crippen LogP contribution in [0, 0.1) is 11.6 Å². The molecule has 0 fully saturated rings. The van der Waals surface area contributed by atoms with E-state index < -0.39 is 38.6 Å². The Balaban J connectivity index is 1.83. The van der Waals surface area contributed by atoms with Gasteiger partial charge in [0.2, 0.25) is 10.0 Å². The molecule has 172 valence electrons. The quantitative estimate of drug-likeness (QED) is 0.403. The lowest BCUT2D eigenvalue weighted by Crippen LogP contribution is -2.23. The zero-order chi connectivity index (χ0) is 23.8.